The van der Waals surface area contributed by atoms with E-state index in [-0.39, 0.29) is 10.6 Å². The topological polar surface area (TPSA) is 102 Å². The molecule has 10 heteroatoms. The quantitative estimate of drug-likeness (QED) is 0.242. The third kappa shape index (κ3) is 4.47. The molecule has 202 valence electrons. The van der Waals surface area contributed by atoms with E-state index in [1.165, 1.54) is 31.4 Å². The van der Waals surface area contributed by atoms with Crippen LogP contribution in [-0.4, -0.2) is 33.4 Å². The molecule has 0 saturated carbocycles. The molecule has 40 heavy (non-hydrogen) atoms. The number of hydrogen-bond acceptors (Lipinski definition) is 8. The molecule has 0 bridgehead atoms. The van der Waals surface area contributed by atoms with Crippen molar-refractivity contribution in [2.45, 2.75) is 17.0 Å². The van der Waals surface area contributed by atoms with Gasteiger partial charge in [-0.3, -0.25) is 14.4 Å². The Morgan fingerprint density at radius 3 is 1.93 bits per heavy atom. The van der Waals surface area contributed by atoms with E-state index in [2.05, 4.69) is 0 Å². The van der Waals surface area contributed by atoms with Crippen LogP contribution in [0.2, 0.25) is 0 Å². The third-order valence-electron chi connectivity index (χ3n) is 6.92. The van der Waals surface area contributed by atoms with E-state index in [1.54, 1.807) is 59.7 Å². The Labute approximate surface area is 231 Å². The molecule has 4 aromatic rings. The summed E-state index contributed by atoms with van der Waals surface area (Å²) in [6, 6.07) is 29.4. The lowest BCUT2D eigenvalue weighted by molar-refractivity contribution is -0.126. The SMILES string of the molecule is COc1ccc(N2C(=O)[C@@H]3[C@@H](ON(c4ccccc4)[C@H]3c3ccc(OS(=O)(=O)c4ccccc4)cc3)C2=O)cc1. The van der Waals surface area contributed by atoms with Crippen molar-refractivity contribution in [1.29, 1.82) is 0 Å². The van der Waals surface area contributed by atoms with Gasteiger partial charge >= 0.3 is 10.1 Å². The Hall–Kier alpha value is -4.67. The molecule has 4 aromatic carbocycles. The fourth-order valence-corrected chi connectivity index (χ4v) is 5.97. The molecule has 0 radical (unpaired) electrons. The number of methoxy groups -OCH3 is 1. The number of amides is 2. The number of carbonyl (C=O) groups is 2. The number of hydroxylamine groups is 1. The number of hydrogen-bond donors (Lipinski definition) is 0. The van der Waals surface area contributed by atoms with Crippen LogP contribution in [0, 0.1) is 5.92 Å². The second-order valence-corrected chi connectivity index (χ2v) is 10.8. The van der Waals surface area contributed by atoms with Gasteiger partial charge in [0.25, 0.3) is 5.91 Å². The highest BCUT2D eigenvalue weighted by Gasteiger charge is 2.60. The number of fused-ring (bicyclic) bond motifs is 1. The van der Waals surface area contributed by atoms with Crippen LogP contribution in [0.15, 0.2) is 114 Å². The van der Waals surface area contributed by atoms with Crippen LogP contribution in [-0.2, 0) is 24.5 Å². The van der Waals surface area contributed by atoms with Gasteiger partial charge in [-0.15, -0.1) is 0 Å². The highest BCUT2D eigenvalue weighted by Crippen LogP contribution is 2.47. The fraction of sp³-hybridized carbons (Fsp3) is 0.133. The smallest absolute Gasteiger partial charge is 0.339 e. The molecule has 0 N–H and O–H groups in total. The first-order chi connectivity index (χ1) is 19.4. The van der Waals surface area contributed by atoms with Gasteiger partial charge in [-0.05, 0) is 66.2 Å². The van der Waals surface area contributed by atoms with Crippen molar-refractivity contribution >= 4 is 33.3 Å². The third-order valence-corrected chi connectivity index (χ3v) is 8.18. The molecule has 2 fully saturated rings. The average Bonchev–Trinajstić information content (AvgIpc) is 3.50. The van der Waals surface area contributed by atoms with Crippen LogP contribution in [0.4, 0.5) is 11.4 Å². The van der Waals surface area contributed by atoms with Crippen LogP contribution in [0.5, 0.6) is 11.5 Å². The Balaban J connectivity index is 1.33. The number of ether oxygens (including phenoxy) is 1. The van der Waals surface area contributed by atoms with Gasteiger partial charge in [0.05, 0.1) is 24.5 Å². The average molecular weight is 557 g/mol. The molecule has 2 aliphatic heterocycles. The number of imide groups is 1. The van der Waals surface area contributed by atoms with Crippen LogP contribution in [0.1, 0.15) is 11.6 Å². The normalized spacial score (nSPS) is 20.5. The molecule has 0 spiro atoms. The fourth-order valence-electron chi connectivity index (χ4n) is 5.02. The minimum Gasteiger partial charge on any atom is -0.497 e. The number of anilines is 2. The van der Waals surface area contributed by atoms with Crippen molar-refractivity contribution in [2.24, 2.45) is 5.92 Å². The van der Waals surface area contributed by atoms with Crippen LogP contribution in [0.25, 0.3) is 0 Å². The molecule has 0 unspecified atom stereocenters. The van der Waals surface area contributed by atoms with Gasteiger partial charge in [-0.1, -0.05) is 48.5 Å². The first-order valence-corrected chi connectivity index (χ1v) is 13.9. The van der Waals surface area contributed by atoms with Crippen molar-refractivity contribution in [1.82, 2.24) is 0 Å². The zero-order valence-electron chi connectivity index (χ0n) is 21.3. The number of nitrogens with zero attached hydrogens (tertiary/aromatic N) is 2. The molecule has 0 aromatic heterocycles. The minimum atomic E-state index is -4.02. The van der Waals surface area contributed by atoms with Crippen LogP contribution in [0.3, 0.4) is 0 Å². The monoisotopic (exact) mass is 556 g/mol. The Bertz CT molecular complexity index is 1640. The number of benzene rings is 4. The Morgan fingerprint density at radius 1 is 0.700 bits per heavy atom. The largest absolute Gasteiger partial charge is 0.497 e. The molecule has 2 aliphatic rings. The van der Waals surface area contributed by atoms with Crippen molar-refractivity contribution in [2.75, 3.05) is 17.1 Å². The van der Waals surface area contributed by atoms with E-state index < -0.39 is 40.0 Å². The van der Waals surface area contributed by atoms with Gasteiger partial charge in [0.15, 0.2) is 6.10 Å². The number of rotatable bonds is 7. The Morgan fingerprint density at radius 2 is 1.30 bits per heavy atom. The van der Waals surface area contributed by atoms with E-state index in [0.717, 1.165) is 4.90 Å². The molecular weight excluding hydrogens is 532 g/mol. The Kier molecular flexibility index (Phi) is 6.49. The standard InChI is InChI=1S/C30H24N2O7S/c1-37-23-18-14-21(15-19-23)31-29(33)26-27(32(38-28(26)30(31)34)22-8-4-2-5-9-22)20-12-16-24(17-13-20)39-40(35,36)25-10-6-3-7-11-25/h2-19,26-28H,1H3/t26-,27-,28+/m0/s1. The molecule has 2 saturated heterocycles. The number of carbonyl (C=O) groups excluding carboxylic acids is 2. The lowest BCUT2D eigenvalue weighted by atomic mass is 9.90. The summed E-state index contributed by atoms with van der Waals surface area (Å²) in [5.41, 5.74) is 1.75. The van der Waals surface area contributed by atoms with Gasteiger partial charge in [-0.25, -0.2) is 9.96 Å². The minimum absolute atomic E-state index is 0.0371. The predicted octanol–water partition coefficient (Wildman–Crippen LogP) is 4.51. The maximum Gasteiger partial charge on any atom is 0.339 e. The molecular formula is C30H24N2O7S. The summed E-state index contributed by atoms with van der Waals surface area (Å²) in [6.07, 6.45) is -1.03. The summed E-state index contributed by atoms with van der Waals surface area (Å²) in [6.45, 7) is 0. The maximum atomic E-state index is 13.8. The van der Waals surface area contributed by atoms with Crippen molar-refractivity contribution < 1.29 is 31.8 Å². The van der Waals surface area contributed by atoms with Gasteiger partial charge < -0.3 is 8.92 Å². The zero-order valence-corrected chi connectivity index (χ0v) is 22.1. The molecule has 2 heterocycles. The van der Waals surface area contributed by atoms with E-state index in [9.17, 15) is 18.0 Å². The first kappa shape index (κ1) is 25.6. The van der Waals surface area contributed by atoms with Gasteiger partial charge in [0.1, 0.15) is 22.3 Å². The molecule has 2 amide bonds. The van der Waals surface area contributed by atoms with Gasteiger partial charge in [0.2, 0.25) is 5.91 Å². The second-order valence-electron chi connectivity index (χ2n) is 9.29. The summed E-state index contributed by atoms with van der Waals surface area (Å²) in [4.78, 5) is 34.6. The lowest BCUT2D eigenvalue weighted by Gasteiger charge is -2.28. The second kappa shape index (κ2) is 10.1. The van der Waals surface area contributed by atoms with Crippen molar-refractivity contribution in [3.8, 4) is 11.5 Å². The highest BCUT2D eigenvalue weighted by atomic mass is 32.2. The zero-order chi connectivity index (χ0) is 27.9. The summed E-state index contributed by atoms with van der Waals surface area (Å²) in [5.74, 6) is -0.977. The van der Waals surface area contributed by atoms with Crippen molar-refractivity contribution in [3.05, 3.63) is 115 Å². The summed E-state index contributed by atoms with van der Waals surface area (Å²) >= 11 is 0. The highest BCUT2D eigenvalue weighted by molar-refractivity contribution is 7.87. The summed E-state index contributed by atoms with van der Waals surface area (Å²) in [7, 11) is -2.48. The summed E-state index contributed by atoms with van der Waals surface area (Å²) in [5, 5.41) is 1.58. The van der Waals surface area contributed by atoms with Crippen LogP contribution < -0.4 is 18.9 Å². The first-order valence-electron chi connectivity index (χ1n) is 12.5. The molecule has 6 rings (SSSR count). The maximum absolute atomic E-state index is 13.8. The van der Waals surface area contributed by atoms with Crippen LogP contribution >= 0.6 is 0 Å². The van der Waals surface area contributed by atoms with E-state index in [4.69, 9.17) is 13.8 Å². The molecule has 3 atom stereocenters. The predicted molar refractivity (Wildman–Crippen MR) is 146 cm³/mol. The summed E-state index contributed by atoms with van der Waals surface area (Å²) < 4.78 is 35.9. The van der Waals surface area contributed by atoms with E-state index >= 15 is 0 Å². The molecule has 0 aliphatic carbocycles. The van der Waals surface area contributed by atoms with Crippen molar-refractivity contribution in [3.63, 3.8) is 0 Å². The van der Waals surface area contributed by atoms with Gasteiger partial charge in [0, 0.05) is 0 Å². The van der Waals surface area contributed by atoms with E-state index in [1.807, 2.05) is 30.3 Å². The lowest BCUT2D eigenvalue weighted by Crippen LogP contribution is -2.37. The number of para-hydroxylation sites is 1. The van der Waals surface area contributed by atoms with Gasteiger partial charge in [-0.2, -0.15) is 8.42 Å². The van der Waals surface area contributed by atoms with E-state index in [0.29, 0.717) is 22.7 Å². The molecule has 9 nitrogen and oxygen atoms in total.